The molecule has 1 amide bonds. The first-order valence-corrected chi connectivity index (χ1v) is 9.96. The molecule has 3 aromatic rings. The molecule has 0 radical (unpaired) electrons. The van der Waals surface area contributed by atoms with Gasteiger partial charge in [0.05, 0.1) is 15.8 Å². The number of benzene rings is 1. The van der Waals surface area contributed by atoms with Crippen LogP contribution < -0.4 is 15.1 Å². The molecule has 4 rings (SSSR count). The Bertz CT molecular complexity index is 1100. The Morgan fingerprint density at radius 3 is 2.75 bits per heavy atom. The lowest BCUT2D eigenvalue weighted by molar-refractivity contribution is -0.125. The number of aromatic nitrogens is 2. The summed E-state index contributed by atoms with van der Waals surface area (Å²) in [5, 5.41) is 13.2. The standard InChI is InChI=1S/C20H20N6OS/c1-25-16-4-2-3-5-17(16)28-20(25)24-23-19(27)15-8-10-26(11-9-15)18-7-6-14(12-21)13-22-18/h2-7,13,15H,8-11H2,1H3,(H,23,27)/b24-20-. The number of rotatable bonds is 3. The first kappa shape index (κ1) is 18.2. The summed E-state index contributed by atoms with van der Waals surface area (Å²) in [5.41, 5.74) is 4.40. The second-order valence-corrected chi connectivity index (χ2v) is 7.79. The molecule has 0 unspecified atom stereocenters. The van der Waals surface area contributed by atoms with Gasteiger partial charge in [-0.15, -0.1) is 5.10 Å². The van der Waals surface area contributed by atoms with Gasteiger partial charge < -0.3 is 9.47 Å². The highest BCUT2D eigenvalue weighted by atomic mass is 32.1. The van der Waals surface area contributed by atoms with Gasteiger partial charge in [-0.1, -0.05) is 23.5 Å². The average molecular weight is 392 g/mol. The van der Waals surface area contributed by atoms with Gasteiger partial charge in [0.1, 0.15) is 11.9 Å². The number of piperidine rings is 1. The van der Waals surface area contributed by atoms with Gasteiger partial charge in [-0.3, -0.25) is 4.79 Å². The minimum Gasteiger partial charge on any atom is -0.357 e. The molecular formula is C20H20N6OS. The number of fused-ring (bicyclic) bond motifs is 1. The number of carbonyl (C=O) groups excluding carboxylic acids is 1. The predicted molar refractivity (Wildman–Crippen MR) is 108 cm³/mol. The van der Waals surface area contributed by atoms with E-state index in [0.29, 0.717) is 5.56 Å². The van der Waals surface area contributed by atoms with Crippen LogP contribution in [0.2, 0.25) is 0 Å². The third kappa shape index (κ3) is 3.62. The van der Waals surface area contributed by atoms with Crippen molar-refractivity contribution >= 4 is 33.3 Å². The van der Waals surface area contributed by atoms with E-state index in [1.54, 1.807) is 23.6 Å². The first-order valence-electron chi connectivity index (χ1n) is 9.15. The fraction of sp³-hybridized carbons (Fsp3) is 0.300. The zero-order valence-corrected chi connectivity index (χ0v) is 16.3. The number of aryl methyl sites for hydroxylation is 1. The summed E-state index contributed by atoms with van der Waals surface area (Å²) < 4.78 is 3.13. The van der Waals surface area contributed by atoms with Crippen LogP contribution >= 0.6 is 11.3 Å². The molecule has 0 bridgehead atoms. The topological polar surface area (TPSA) is 86.3 Å². The van der Waals surface area contributed by atoms with E-state index in [1.807, 2.05) is 41.9 Å². The van der Waals surface area contributed by atoms with Crippen molar-refractivity contribution in [1.82, 2.24) is 15.0 Å². The van der Waals surface area contributed by atoms with E-state index in [9.17, 15) is 4.79 Å². The first-order chi connectivity index (χ1) is 13.7. The van der Waals surface area contributed by atoms with Crippen LogP contribution in [-0.4, -0.2) is 28.5 Å². The summed E-state index contributed by atoms with van der Waals surface area (Å²) in [6.45, 7) is 1.52. The maximum Gasteiger partial charge on any atom is 0.243 e. The molecule has 0 atom stereocenters. The molecule has 0 aliphatic carbocycles. The lowest BCUT2D eigenvalue weighted by Gasteiger charge is -2.31. The number of nitrogens with one attached hydrogen (secondary N) is 1. The Kier molecular flexibility index (Phi) is 5.08. The van der Waals surface area contributed by atoms with Crippen molar-refractivity contribution in [2.45, 2.75) is 12.8 Å². The van der Waals surface area contributed by atoms with Crippen LogP contribution in [0.25, 0.3) is 10.2 Å². The Morgan fingerprint density at radius 2 is 2.07 bits per heavy atom. The lowest BCUT2D eigenvalue weighted by Crippen LogP contribution is -2.40. The second-order valence-electron chi connectivity index (χ2n) is 6.78. The van der Waals surface area contributed by atoms with Crippen LogP contribution in [0.1, 0.15) is 18.4 Å². The number of amides is 1. The van der Waals surface area contributed by atoms with E-state index in [4.69, 9.17) is 5.26 Å². The number of nitrogens with zero attached hydrogens (tertiary/aromatic N) is 5. The van der Waals surface area contributed by atoms with Gasteiger partial charge in [0, 0.05) is 32.3 Å². The van der Waals surface area contributed by atoms with Gasteiger partial charge in [-0.2, -0.15) is 5.26 Å². The molecule has 0 spiro atoms. The number of anilines is 1. The molecule has 1 aliphatic heterocycles. The fourth-order valence-electron chi connectivity index (χ4n) is 3.39. The van der Waals surface area contributed by atoms with Crippen molar-refractivity contribution in [1.29, 1.82) is 5.26 Å². The van der Waals surface area contributed by atoms with Gasteiger partial charge in [0.15, 0.2) is 0 Å². The van der Waals surface area contributed by atoms with E-state index in [1.165, 1.54) is 0 Å². The highest BCUT2D eigenvalue weighted by Crippen LogP contribution is 2.22. The summed E-state index contributed by atoms with van der Waals surface area (Å²) >= 11 is 1.56. The molecule has 2 aromatic heterocycles. The van der Waals surface area contributed by atoms with E-state index in [-0.39, 0.29) is 11.8 Å². The number of hydrogen-bond acceptors (Lipinski definition) is 6. The van der Waals surface area contributed by atoms with Crippen molar-refractivity contribution in [3.8, 4) is 6.07 Å². The highest BCUT2D eigenvalue weighted by molar-refractivity contribution is 7.16. The number of carbonyl (C=O) groups is 1. The monoisotopic (exact) mass is 392 g/mol. The molecule has 1 aromatic carbocycles. The molecule has 1 aliphatic rings. The summed E-state index contributed by atoms with van der Waals surface area (Å²) in [5.74, 6) is 0.753. The number of para-hydroxylation sites is 1. The summed E-state index contributed by atoms with van der Waals surface area (Å²) in [6.07, 6.45) is 3.08. The Balaban J connectivity index is 1.38. The molecule has 0 saturated carbocycles. The second kappa shape index (κ2) is 7.82. The normalized spacial score (nSPS) is 15.6. The van der Waals surface area contributed by atoms with Gasteiger partial charge in [-0.05, 0) is 37.1 Å². The van der Waals surface area contributed by atoms with Crippen molar-refractivity contribution < 1.29 is 4.79 Å². The SMILES string of the molecule is Cn1/c(=N/NC(=O)C2CCN(c3ccc(C#N)cn3)CC2)sc2ccccc21. The number of pyridine rings is 1. The molecule has 8 heteroatoms. The number of hydrogen-bond donors (Lipinski definition) is 1. The molecule has 1 saturated heterocycles. The van der Waals surface area contributed by atoms with Crippen molar-refractivity contribution in [3.63, 3.8) is 0 Å². The fourth-order valence-corrected chi connectivity index (χ4v) is 4.37. The zero-order chi connectivity index (χ0) is 19.5. The Labute approximate surface area is 166 Å². The molecule has 142 valence electrons. The van der Waals surface area contributed by atoms with Gasteiger partial charge in [0.2, 0.25) is 10.7 Å². The van der Waals surface area contributed by atoms with E-state index < -0.39 is 0 Å². The zero-order valence-electron chi connectivity index (χ0n) is 15.5. The van der Waals surface area contributed by atoms with Crippen molar-refractivity contribution in [3.05, 3.63) is 53.0 Å². The number of thiazole rings is 1. The largest absolute Gasteiger partial charge is 0.357 e. The third-order valence-electron chi connectivity index (χ3n) is 5.04. The molecular weight excluding hydrogens is 372 g/mol. The van der Waals surface area contributed by atoms with E-state index in [2.05, 4.69) is 26.5 Å². The predicted octanol–water partition coefficient (Wildman–Crippen LogP) is 2.35. The van der Waals surface area contributed by atoms with Crippen LogP contribution in [0, 0.1) is 17.2 Å². The van der Waals surface area contributed by atoms with Crippen LogP contribution in [0.3, 0.4) is 0 Å². The van der Waals surface area contributed by atoms with E-state index >= 15 is 0 Å². The van der Waals surface area contributed by atoms with Gasteiger partial charge in [0.25, 0.3) is 0 Å². The molecule has 1 N–H and O–H groups in total. The quantitative estimate of drug-likeness (QED) is 0.693. The summed E-state index contributed by atoms with van der Waals surface area (Å²) in [7, 11) is 1.95. The Morgan fingerprint density at radius 1 is 1.29 bits per heavy atom. The summed E-state index contributed by atoms with van der Waals surface area (Å²) in [4.78, 5) is 19.8. The van der Waals surface area contributed by atoms with Crippen LogP contribution in [-0.2, 0) is 11.8 Å². The number of nitriles is 1. The minimum atomic E-state index is -0.0573. The molecule has 28 heavy (non-hydrogen) atoms. The highest BCUT2D eigenvalue weighted by Gasteiger charge is 2.25. The Hall–Kier alpha value is -3.18. The third-order valence-corrected chi connectivity index (χ3v) is 6.16. The summed E-state index contributed by atoms with van der Waals surface area (Å²) in [6, 6.07) is 13.8. The maximum atomic E-state index is 12.5. The maximum absolute atomic E-state index is 12.5. The molecule has 1 fully saturated rings. The molecule has 7 nitrogen and oxygen atoms in total. The minimum absolute atomic E-state index is 0.0371. The van der Waals surface area contributed by atoms with Crippen LogP contribution in [0.4, 0.5) is 5.82 Å². The average Bonchev–Trinajstić information content (AvgIpc) is 3.08. The van der Waals surface area contributed by atoms with Gasteiger partial charge >= 0.3 is 0 Å². The van der Waals surface area contributed by atoms with Crippen molar-refractivity contribution in [2.24, 2.45) is 18.1 Å². The van der Waals surface area contributed by atoms with Crippen LogP contribution in [0.5, 0.6) is 0 Å². The van der Waals surface area contributed by atoms with Crippen molar-refractivity contribution in [2.75, 3.05) is 18.0 Å². The molecule has 3 heterocycles. The van der Waals surface area contributed by atoms with Gasteiger partial charge in [-0.25, -0.2) is 10.4 Å². The lowest BCUT2D eigenvalue weighted by atomic mass is 9.96. The van der Waals surface area contributed by atoms with E-state index in [0.717, 1.165) is 46.8 Å². The smallest absolute Gasteiger partial charge is 0.243 e. The van der Waals surface area contributed by atoms with Crippen LogP contribution in [0.15, 0.2) is 47.7 Å².